The van der Waals surface area contributed by atoms with Crippen LogP contribution in [0.3, 0.4) is 0 Å². The van der Waals surface area contributed by atoms with Gasteiger partial charge in [0.15, 0.2) is 0 Å². The van der Waals surface area contributed by atoms with Gasteiger partial charge in [0.1, 0.15) is 0 Å². The normalized spacial score (nSPS) is 12.3. The number of hydrogen-bond donors (Lipinski definition) is 2. The van der Waals surface area contributed by atoms with Crippen LogP contribution in [-0.2, 0) is 9.59 Å². The summed E-state index contributed by atoms with van der Waals surface area (Å²) in [6, 6.07) is 13.2. The average Bonchev–Trinajstić information content (AvgIpc) is 2.52. The van der Waals surface area contributed by atoms with Crippen molar-refractivity contribution >= 4 is 28.3 Å². The summed E-state index contributed by atoms with van der Waals surface area (Å²) < 4.78 is 0. The van der Waals surface area contributed by atoms with Crippen LogP contribution in [0, 0.1) is 0 Å². The van der Waals surface area contributed by atoms with E-state index in [1.165, 1.54) is 0 Å². The molecule has 5 heteroatoms. The molecule has 2 N–H and O–H groups in total. The maximum absolute atomic E-state index is 12.3. The maximum Gasteiger partial charge on any atom is 0.304 e. The van der Waals surface area contributed by atoms with Gasteiger partial charge in [0.05, 0.1) is 12.5 Å². The number of carboxylic acid groups (broad SMARTS) is 1. The molecule has 0 aliphatic heterocycles. The first-order chi connectivity index (χ1) is 10.5. The first kappa shape index (κ1) is 16.0. The van der Waals surface area contributed by atoms with Crippen molar-refractivity contribution in [1.82, 2.24) is 4.90 Å². The molecule has 0 aliphatic carbocycles. The second-order valence-corrected chi connectivity index (χ2v) is 5.32. The van der Waals surface area contributed by atoms with Gasteiger partial charge in [0.2, 0.25) is 5.91 Å². The number of hydrogen-bond acceptors (Lipinski definition) is 3. The molecule has 0 fully saturated rings. The van der Waals surface area contributed by atoms with Gasteiger partial charge in [-0.1, -0.05) is 36.4 Å². The van der Waals surface area contributed by atoms with Crippen molar-refractivity contribution in [3.63, 3.8) is 0 Å². The Kier molecular flexibility index (Phi) is 5.12. The summed E-state index contributed by atoms with van der Waals surface area (Å²) in [4.78, 5) is 24.7. The first-order valence-electron chi connectivity index (χ1n) is 7.19. The molecular weight excluding hydrogens is 280 g/mol. The molecule has 22 heavy (non-hydrogen) atoms. The quantitative estimate of drug-likeness (QED) is 0.860. The van der Waals surface area contributed by atoms with Crippen molar-refractivity contribution in [3.8, 4) is 0 Å². The number of carboxylic acids is 1. The molecule has 0 spiro atoms. The number of carbonyl (C=O) groups excluding carboxylic acids is 1. The molecule has 0 radical (unpaired) electrons. The standard InChI is InChI=1S/C17H20N2O3/c1-12(19(2)11-10-16(20)21)17(22)18-15-9-5-7-13-6-3-4-8-14(13)15/h3-9,12H,10-11H2,1-2H3,(H,18,22)(H,20,21). The summed E-state index contributed by atoms with van der Waals surface area (Å²) in [7, 11) is 1.75. The predicted octanol–water partition coefficient (Wildman–Crippen LogP) is 2.57. The molecule has 116 valence electrons. The summed E-state index contributed by atoms with van der Waals surface area (Å²) in [5.74, 6) is -1.02. The lowest BCUT2D eigenvalue weighted by atomic mass is 10.1. The number of carbonyl (C=O) groups is 2. The van der Waals surface area contributed by atoms with Crippen molar-refractivity contribution in [3.05, 3.63) is 42.5 Å². The van der Waals surface area contributed by atoms with Gasteiger partial charge in [-0.3, -0.25) is 14.5 Å². The minimum atomic E-state index is -0.867. The van der Waals surface area contributed by atoms with Crippen LogP contribution in [0.15, 0.2) is 42.5 Å². The van der Waals surface area contributed by atoms with E-state index in [0.717, 1.165) is 16.5 Å². The number of rotatable bonds is 6. The monoisotopic (exact) mass is 300 g/mol. The van der Waals surface area contributed by atoms with Crippen LogP contribution in [0.1, 0.15) is 13.3 Å². The number of nitrogens with one attached hydrogen (secondary N) is 1. The van der Waals surface area contributed by atoms with Gasteiger partial charge in [0, 0.05) is 17.6 Å². The van der Waals surface area contributed by atoms with Crippen molar-refractivity contribution in [2.24, 2.45) is 0 Å². The molecule has 1 unspecified atom stereocenters. The Balaban J connectivity index is 2.08. The number of likely N-dealkylation sites (N-methyl/N-ethyl adjacent to an activating group) is 1. The summed E-state index contributed by atoms with van der Waals surface area (Å²) in [6.45, 7) is 2.10. The van der Waals surface area contributed by atoms with E-state index in [9.17, 15) is 9.59 Å². The summed E-state index contributed by atoms with van der Waals surface area (Å²) in [5, 5.41) is 13.7. The van der Waals surface area contributed by atoms with Crippen molar-refractivity contribution < 1.29 is 14.7 Å². The fourth-order valence-corrected chi connectivity index (χ4v) is 2.24. The Morgan fingerprint density at radius 1 is 1.18 bits per heavy atom. The maximum atomic E-state index is 12.3. The van der Waals surface area contributed by atoms with Crippen molar-refractivity contribution in [1.29, 1.82) is 0 Å². The van der Waals surface area contributed by atoms with Crippen LogP contribution < -0.4 is 5.32 Å². The molecule has 1 amide bonds. The SMILES string of the molecule is CC(C(=O)Nc1cccc2ccccc12)N(C)CCC(=O)O. The molecule has 2 rings (SSSR count). The molecule has 2 aromatic carbocycles. The average molecular weight is 300 g/mol. The zero-order valence-electron chi connectivity index (χ0n) is 12.7. The van der Waals surface area contributed by atoms with E-state index in [2.05, 4.69) is 5.32 Å². The zero-order valence-corrected chi connectivity index (χ0v) is 12.7. The highest BCUT2D eigenvalue weighted by atomic mass is 16.4. The predicted molar refractivity (Wildman–Crippen MR) is 86.9 cm³/mol. The van der Waals surface area contributed by atoms with E-state index in [4.69, 9.17) is 5.11 Å². The molecule has 5 nitrogen and oxygen atoms in total. The van der Waals surface area contributed by atoms with Crippen LogP contribution in [0.5, 0.6) is 0 Å². The lowest BCUT2D eigenvalue weighted by molar-refractivity contribution is -0.137. The lowest BCUT2D eigenvalue weighted by Crippen LogP contribution is -2.40. The first-order valence-corrected chi connectivity index (χ1v) is 7.19. The zero-order chi connectivity index (χ0) is 16.1. The van der Waals surface area contributed by atoms with E-state index >= 15 is 0 Å². The fraction of sp³-hybridized carbons (Fsp3) is 0.294. The third-order valence-electron chi connectivity index (χ3n) is 3.77. The number of benzene rings is 2. The Labute approximate surface area is 129 Å². The highest BCUT2D eigenvalue weighted by Gasteiger charge is 2.19. The van der Waals surface area contributed by atoms with Gasteiger partial charge in [-0.25, -0.2) is 0 Å². The van der Waals surface area contributed by atoms with E-state index in [-0.39, 0.29) is 12.3 Å². The smallest absolute Gasteiger partial charge is 0.304 e. The molecule has 0 saturated heterocycles. The highest BCUT2D eigenvalue weighted by Crippen LogP contribution is 2.23. The Morgan fingerprint density at radius 3 is 2.59 bits per heavy atom. The van der Waals surface area contributed by atoms with Crippen LogP contribution >= 0.6 is 0 Å². The molecule has 0 saturated carbocycles. The largest absolute Gasteiger partial charge is 0.481 e. The van der Waals surface area contributed by atoms with Crippen LogP contribution in [0.2, 0.25) is 0 Å². The Bertz CT molecular complexity index is 679. The summed E-state index contributed by atoms with van der Waals surface area (Å²) >= 11 is 0. The number of anilines is 1. The summed E-state index contributed by atoms with van der Waals surface area (Å²) in [6.07, 6.45) is 0.0163. The third kappa shape index (κ3) is 3.83. The fourth-order valence-electron chi connectivity index (χ4n) is 2.24. The van der Waals surface area contributed by atoms with Crippen LogP contribution in [-0.4, -0.2) is 41.5 Å². The molecule has 0 aromatic heterocycles. The number of fused-ring (bicyclic) bond motifs is 1. The van der Waals surface area contributed by atoms with Crippen LogP contribution in [0.4, 0.5) is 5.69 Å². The summed E-state index contributed by atoms with van der Waals surface area (Å²) in [5.41, 5.74) is 0.765. The molecule has 0 aliphatic rings. The second-order valence-electron chi connectivity index (χ2n) is 5.32. The minimum absolute atomic E-state index is 0.0163. The van der Waals surface area contributed by atoms with Gasteiger partial charge in [-0.2, -0.15) is 0 Å². The van der Waals surface area contributed by atoms with Gasteiger partial charge < -0.3 is 10.4 Å². The van der Waals surface area contributed by atoms with E-state index in [1.54, 1.807) is 18.9 Å². The molecule has 2 aromatic rings. The highest BCUT2D eigenvalue weighted by molar-refractivity contribution is 6.03. The van der Waals surface area contributed by atoms with Gasteiger partial charge >= 0.3 is 5.97 Å². The number of amides is 1. The van der Waals surface area contributed by atoms with E-state index < -0.39 is 12.0 Å². The van der Waals surface area contributed by atoms with Crippen LogP contribution in [0.25, 0.3) is 10.8 Å². The van der Waals surface area contributed by atoms with Crippen molar-refractivity contribution in [2.45, 2.75) is 19.4 Å². The number of nitrogens with zero attached hydrogens (tertiary/aromatic N) is 1. The Morgan fingerprint density at radius 2 is 1.86 bits per heavy atom. The van der Waals surface area contributed by atoms with Gasteiger partial charge in [-0.05, 0) is 25.4 Å². The Hall–Kier alpha value is -2.40. The van der Waals surface area contributed by atoms with E-state index in [0.29, 0.717) is 6.54 Å². The lowest BCUT2D eigenvalue weighted by Gasteiger charge is -2.23. The van der Waals surface area contributed by atoms with Crippen molar-refractivity contribution in [2.75, 3.05) is 18.9 Å². The molecular formula is C17H20N2O3. The topological polar surface area (TPSA) is 69.6 Å². The molecule has 1 atom stereocenters. The molecule has 0 heterocycles. The molecule has 0 bridgehead atoms. The van der Waals surface area contributed by atoms with Gasteiger partial charge in [0.25, 0.3) is 0 Å². The number of aliphatic carboxylic acids is 1. The van der Waals surface area contributed by atoms with E-state index in [1.807, 2.05) is 42.5 Å². The third-order valence-corrected chi connectivity index (χ3v) is 3.77. The second kappa shape index (κ2) is 7.04. The minimum Gasteiger partial charge on any atom is -0.481 e. The van der Waals surface area contributed by atoms with Gasteiger partial charge in [-0.15, -0.1) is 0 Å².